The summed E-state index contributed by atoms with van der Waals surface area (Å²) >= 11 is 6.15. The van der Waals surface area contributed by atoms with E-state index in [1.165, 1.54) is 11.1 Å². The van der Waals surface area contributed by atoms with E-state index in [0.29, 0.717) is 0 Å². The van der Waals surface area contributed by atoms with Crippen molar-refractivity contribution in [3.8, 4) is 0 Å². The molecule has 0 bridgehead atoms. The van der Waals surface area contributed by atoms with Crippen LogP contribution in [0.25, 0.3) is 0 Å². The van der Waals surface area contributed by atoms with Gasteiger partial charge in [-0.1, -0.05) is 54.1 Å². The number of hydrogen-bond acceptors (Lipinski definition) is 2. The second-order valence-corrected chi connectivity index (χ2v) is 6.44. The summed E-state index contributed by atoms with van der Waals surface area (Å²) in [4.78, 5) is 0. The summed E-state index contributed by atoms with van der Waals surface area (Å²) in [6, 6.07) is 16.6. The van der Waals surface area contributed by atoms with Crippen molar-refractivity contribution in [2.24, 2.45) is 0 Å². The first-order valence-corrected chi connectivity index (χ1v) is 7.99. The van der Waals surface area contributed by atoms with Gasteiger partial charge in [0.05, 0.1) is 12.0 Å². The van der Waals surface area contributed by atoms with Gasteiger partial charge in [-0.2, -0.15) is 0 Å². The quantitative estimate of drug-likeness (QED) is 0.828. The zero-order valence-electron chi connectivity index (χ0n) is 12.3. The van der Waals surface area contributed by atoms with Crippen LogP contribution in [-0.4, -0.2) is 12.8 Å². The van der Waals surface area contributed by atoms with Crippen molar-refractivity contribution >= 4 is 17.3 Å². The molecule has 2 nitrogen and oxygen atoms in total. The molecule has 2 aromatic rings. The SMILES string of the molecule is C=C[C@@H](c1ccccc1)[C@@]12CCO[C@@H]1Nc1cc(Cl)ccc12. The first-order valence-electron chi connectivity index (χ1n) is 7.61. The molecule has 3 heteroatoms. The van der Waals surface area contributed by atoms with Crippen LogP contribution in [-0.2, 0) is 10.2 Å². The Hall–Kier alpha value is -1.77. The van der Waals surface area contributed by atoms with Crippen LogP contribution in [0.3, 0.4) is 0 Å². The molecule has 2 aliphatic rings. The summed E-state index contributed by atoms with van der Waals surface area (Å²) in [7, 11) is 0. The van der Waals surface area contributed by atoms with Gasteiger partial charge >= 0.3 is 0 Å². The molecule has 2 aliphatic heterocycles. The van der Waals surface area contributed by atoms with E-state index in [1.807, 2.05) is 18.2 Å². The maximum absolute atomic E-state index is 6.15. The van der Waals surface area contributed by atoms with Gasteiger partial charge in [0.2, 0.25) is 0 Å². The van der Waals surface area contributed by atoms with Gasteiger partial charge in [0.15, 0.2) is 0 Å². The Morgan fingerprint density at radius 3 is 2.86 bits per heavy atom. The minimum absolute atomic E-state index is 0.0239. The van der Waals surface area contributed by atoms with Crippen molar-refractivity contribution in [3.63, 3.8) is 0 Å². The summed E-state index contributed by atoms with van der Waals surface area (Å²) in [5, 5.41) is 4.25. The number of fused-ring (bicyclic) bond motifs is 3. The summed E-state index contributed by atoms with van der Waals surface area (Å²) in [6.45, 7) is 4.88. The number of hydrogen-bond donors (Lipinski definition) is 1. The highest BCUT2D eigenvalue weighted by Crippen LogP contribution is 2.55. The normalized spacial score (nSPS) is 26.9. The third-order valence-corrected chi connectivity index (χ3v) is 5.22. The molecule has 112 valence electrons. The van der Waals surface area contributed by atoms with Crippen molar-refractivity contribution in [1.29, 1.82) is 0 Å². The van der Waals surface area contributed by atoms with E-state index >= 15 is 0 Å². The van der Waals surface area contributed by atoms with E-state index in [-0.39, 0.29) is 17.6 Å². The second kappa shape index (κ2) is 5.15. The number of ether oxygens (including phenoxy) is 1. The maximum Gasteiger partial charge on any atom is 0.138 e. The van der Waals surface area contributed by atoms with Crippen LogP contribution in [0, 0.1) is 0 Å². The standard InChI is InChI=1S/C19H18ClNO/c1-2-15(13-6-4-3-5-7-13)19-10-11-22-18(19)21-17-12-14(20)8-9-16(17)19/h2-9,12,15,18,21H,1,10-11H2/t15-,18-,19+/m0/s1. The highest BCUT2D eigenvalue weighted by Gasteiger charge is 2.55. The highest BCUT2D eigenvalue weighted by atomic mass is 35.5. The fourth-order valence-electron chi connectivity index (χ4n) is 4.05. The number of benzene rings is 2. The minimum atomic E-state index is -0.108. The Morgan fingerprint density at radius 1 is 1.27 bits per heavy atom. The molecule has 0 aromatic heterocycles. The van der Waals surface area contributed by atoms with Crippen molar-refractivity contribution in [2.75, 3.05) is 11.9 Å². The fourth-order valence-corrected chi connectivity index (χ4v) is 4.22. The van der Waals surface area contributed by atoms with Crippen LogP contribution in [0.2, 0.25) is 5.02 Å². The van der Waals surface area contributed by atoms with Crippen molar-refractivity contribution < 1.29 is 4.74 Å². The molecule has 0 amide bonds. The van der Waals surface area contributed by atoms with Crippen molar-refractivity contribution in [1.82, 2.24) is 0 Å². The summed E-state index contributed by atoms with van der Waals surface area (Å²) in [6.07, 6.45) is 3.01. The molecule has 0 spiro atoms. The molecule has 0 saturated carbocycles. The van der Waals surface area contributed by atoms with Crippen LogP contribution in [0.4, 0.5) is 5.69 Å². The second-order valence-electron chi connectivity index (χ2n) is 6.00. The number of halogens is 1. The zero-order chi connectivity index (χ0) is 15.2. The predicted octanol–water partition coefficient (Wildman–Crippen LogP) is 4.72. The van der Waals surface area contributed by atoms with E-state index < -0.39 is 0 Å². The highest BCUT2D eigenvalue weighted by molar-refractivity contribution is 6.30. The molecule has 2 heterocycles. The molecule has 0 radical (unpaired) electrons. The van der Waals surface area contributed by atoms with E-state index in [1.54, 1.807) is 0 Å². The van der Waals surface area contributed by atoms with Crippen molar-refractivity contribution in [3.05, 3.63) is 77.3 Å². The number of nitrogens with one attached hydrogen (secondary N) is 1. The average Bonchev–Trinajstić information content (AvgIpc) is 3.05. The van der Waals surface area contributed by atoms with Gasteiger partial charge in [0.25, 0.3) is 0 Å². The molecule has 0 aliphatic carbocycles. The smallest absolute Gasteiger partial charge is 0.138 e. The van der Waals surface area contributed by atoms with Crippen LogP contribution < -0.4 is 5.32 Å². The Kier molecular flexibility index (Phi) is 3.24. The van der Waals surface area contributed by atoms with Gasteiger partial charge in [-0.05, 0) is 29.7 Å². The Balaban J connectivity index is 1.89. The topological polar surface area (TPSA) is 21.3 Å². The third kappa shape index (κ3) is 1.84. The van der Waals surface area contributed by atoms with E-state index in [9.17, 15) is 0 Å². The molecule has 1 N–H and O–H groups in total. The van der Waals surface area contributed by atoms with Gasteiger partial charge in [0.1, 0.15) is 6.23 Å². The Bertz CT molecular complexity index is 715. The molecule has 1 fully saturated rings. The molecular formula is C19H18ClNO. The average molecular weight is 312 g/mol. The summed E-state index contributed by atoms with van der Waals surface area (Å²) in [5.74, 6) is 0.205. The molecular weight excluding hydrogens is 294 g/mol. The van der Waals surface area contributed by atoms with Crippen molar-refractivity contribution in [2.45, 2.75) is 24.0 Å². The van der Waals surface area contributed by atoms with Gasteiger partial charge in [0, 0.05) is 16.6 Å². The first kappa shape index (κ1) is 13.9. The largest absolute Gasteiger partial charge is 0.359 e. The van der Waals surface area contributed by atoms with Gasteiger partial charge in [-0.3, -0.25) is 0 Å². The Morgan fingerprint density at radius 2 is 2.09 bits per heavy atom. The van der Waals surface area contributed by atoms with Gasteiger partial charge in [-0.25, -0.2) is 0 Å². The Labute approximate surface area is 135 Å². The maximum atomic E-state index is 6.15. The molecule has 0 unspecified atom stereocenters. The lowest BCUT2D eigenvalue weighted by atomic mass is 9.67. The number of anilines is 1. The third-order valence-electron chi connectivity index (χ3n) is 4.99. The van der Waals surface area contributed by atoms with Crippen LogP contribution >= 0.6 is 11.6 Å². The van der Waals surface area contributed by atoms with E-state index in [2.05, 4.69) is 48.3 Å². The molecule has 3 atom stereocenters. The van der Waals surface area contributed by atoms with E-state index in [4.69, 9.17) is 16.3 Å². The molecule has 4 rings (SSSR count). The van der Waals surface area contributed by atoms with Gasteiger partial charge < -0.3 is 10.1 Å². The first-order chi connectivity index (χ1) is 10.8. The number of allylic oxidation sites excluding steroid dienone is 1. The molecule has 1 saturated heterocycles. The fraction of sp³-hybridized carbons (Fsp3) is 0.263. The minimum Gasteiger partial charge on any atom is -0.359 e. The monoisotopic (exact) mass is 311 g/mol. The predicted molar refractivity (Wildman–Crippen MR) is 90.5 cm³/mol. The lowest BCUT2D eigenvalue weighted by Gasteiger charge is -2.35. The summed E-state index contributed by atoms with van der Waals surface area (Å²) < 4.78 is 6.00. The van der Waals surface area contributed by atoms with Crippen LogP contribution in [0.1, 0.15) is 23.5 Å². The zero-order valence-corrected chi connectivity index (χ0v) is 13.0. The molecule has 2 aromatic carbocycles. The number of rotatable bonds is 3. The van der Waals surface area contributed by atoms with Crippen LogP contribution in [0.15, 0.2) is 61.2 Å². The van der Waals surface area contributed by atoms with Gasteiger partial charge in [-0.15, -0.1) is 6.58 Å². The lowest BCUT2D eigenvalue weighted by molar-refractivity contribution is 0.103. The van der Waals surface area contributed by atoms with Crippen LogP contribution in [0.5, 0.6) is 0 Å². The van der Waals surface area contributed by atoms with E-state index in [0.717, 1.165) is 23.7 Å². The lowest BCUT2D eigenvalue weighted by Crippen LogP contribution is -2.39. The summed E-state index contributed by atoms with van der Waals surface area (Å²) in [5.41, 5.74) is 3.54. The molecule has 22 heavy (non-hydrogen) atoms.